The van der Waals surface area contributed by atoms with Crippen molar-refractivity contribution >= 4 is 22.9 Å². The van der Waals surface area contributed by atoms with Crippen molar-refractivity contribution in [2.45, 2.75) is 39.3 Å². The van der Waals surface area contributed by atoms with Gasteiger partial charge in [-0.25, -0.2) is 0 Å². The first-order valence-electron chi connectivity index (χ1n) is 6.80. The van der Waals surface area contributed by atoms with Crippen molar-refractivity contribution in [2.24, 2.45) is 5.73 Å². The van der Waals surface area contributed by atoms with E-state index in [1.165, 1.54) is 11.1 Å². The molecule has 2 rings (SSSR count). The second-order valence-electron chi connectivity index (χ2n) is 4.98. The molecule has 0 saturated carbocycles. The lowest BCUT2D eigenvalue weighted by Gasteiger charge is -2.15. The fraction of sp³-hybridized carbons (Fsp3) is 0.375. The van der Waals surface area contributed by atoms with Gasteiger partial charge in [-0.3, -0.25) is 0 Å². The van der Waals surface area contributed by atoms with Crippen LogP contribution in [0, 0.1) is 6.92 Å². The molecule has 20 heavy (non-hydrogen) atoms. The molecular weight excluding hydrogens is 290 g/mol. The summed E-state index contributed by atoms with van der Waals surface area (Å²) >= 11 is 7.48. The molecule has 1 aromatic heterocycles. The van der Waals surface area contributed by atoms with E-state index in [1.54, 1.807) is 11.3 Å². The largest absolute Gasteiger partial charge is 0.488 e. The number of hydrogen-bond acceptors (Lipinski definition) is 3. The van der Waals surface area contributed by atoms with Gasteiger partial charge in [-0.2, -0.15) is 0 Å². The van der Waals surface area contributed by atoms with Gasteiger partial charge in [0.1, 0.15) is 12.4 Å². The number of rotatable bonds is 6. The van der Waals surface area contributed by atoms with Crippen LogP contribution in [0.5, 0.6) is 5.75 Å². The Bertz CT molecular complexity index is 567. The number of ether oxygens (including phenoxy) is 1. The van der Waals surface area contributed by atoms with Gasteiger partial charge in [-0.05, 0) is 43.5 Å². The van der Waals surface area contributed by atoms with Crippen LogP contribution in [0.2, 0.25) is 4.34 Å². The zero-order valence-corrected chi connectivity index (χ0v) is 13.4. The smallest absolute Gasteiger partial charge is 0.123 e. The summed E-state index contributed by atoms with van der Waals surface area (Å²) in [6.07, 6.45) is 1.81. The Morgan fingerprint density at radius 2 is 2.10 bits per heavy atom. The van der Waals surface area contributed by atoms with Crippen molar-refractivity contribution in [2.75, 3.05) is 0 Å². The standard InChI is InChI=1S/C16H20ClNOS/c1-3-13(18)9-12-8-11(2)4-6-15(12)19-10-14-5-7-16(17)20-14/h4-8,13H,3,9-10,18H2,1-2H3. The van der Waals surface area contributed by atoms with Gasteiger partial charge in [0.05, 0.1) is 4.34 Å². The lowest BCUT2D eigenvalue weighted by Crippen LogP contribution is -2.21. The van der Waals surface area contributed by atoms with Gasteiger partial charge >= 0.3 is 0 Å². The Morgan fingerprint density at radius 1 is 1.30 bits per heavy atom. The van der Waals surface area contributed by atoms with Gasteiger partial charge in [-0.1, -0.05) is 36.2 Å². The maximum Gasteiger partial charge on any atom is 0.123 e. The molecule has 0 spiro atoms. The van der Waals surface area contributed by atoms with Crippen LogP contribution in [0.3, 0.4) is 0 Å². The molecule has 0 amide bonds. The van der Waals surface area contributed by atoms with Crippen molar-refractivity contribution < 1.29 is 4.74 Å². The van der Waals surface area contributed by atoms with Crippen LogP contribution in [0.15, 0.2) is 30.3 Å². The molecule has 0 radical (unpaired) electrons. The van der Waals surface area contributed by atoms with Gasteiger partial charge in [-0.15, -0.1) is 11.3 Å². The summed E-state index contributed by atoms with van der Waals surface area (Å²) in [6.45, 7) is 4.74. The van der Waals surface area contributed by atoms with Crippen LogP contribution < -0.4 is 10.5 Å². The molecule has 4 heteroatoms. The molecule has 1 unspecified atom stereocenters. The minimum absolute atomic E-state index is 0.176. The molecule has 0 fully saturated rings. The monoisotopic (exact) mass is 309 g/mol. The molecule has 0 aliphatic heterocycles. The normalized spacial score (nSPS) is 12.4. The molecule has 2 aromatic rings. The number of hydrogen-bond donors (Lipinski definition) is 1. The fourth-order valence-corrected chi connectivity index (χ4v) is 3.01. The predicted octanol–water partition coefficient (Wildman–Crippen LogP) is 4.57. The zero-order valence-electron chi connectivity index (χ0n) is 11.9. The minimum Gasteiger partial charge on any atom is -0.488 e. The number of nitrogens with two attached hydrogens (primary N) is 1. The number of benzene rings is 1. The molecule has 0 aliphatic carbocycles. The fourth-order valence-electron chi connectivity index (χ4n) is 2.01. The first-order valence-corrected chi connectivity index (χ1v) is 8.00. The van der Waals surface area contributed by atoms with Gasteiger partial charge in [0, 0.05) is 10.9 Å². The number of thiophene rings is 1. The second kappa shape index (κ2) is 7.11. The van der Waals surface area contributed by atoms with Crippen molar-refractivity contribution in [3.05, 3.63) is 50.7 Å². The van der Waals surface area contributed by atoms with Gasteiger partial charge in [0.2, 0.25) is 0 Å². The molecule has 1 heterocycles. The quantitative estimate of drug-likeness (QED) is 0.848. The van der Waals surface area contributed by atoms with E-state index in [0.717, 1.165) is 27.8 Å². The van der Waals surface area contributed by atoms with Crippen molar-refractivity contribution in [1.29, 1.82) is 0 Å². The van der Waals surface area contributed by atoms with Crippen LogP contribution in [0.4, 0.5) is 0 Å². The third-order valence-corrected chi connectivity index (χ3v) is 4.43. The van der Waals surface area contributed by atoms with Crippen molar-refractivity contribution in [1.82, 2.24) is 0 Å². The van der Waals surface area contributed by atoms with E-state index in [9.17, 15) is 0 Å². The molecule has 2 N–H and O–H groups in total. The van der Waals surface area contributed by atoms with Crippen LogP contribution >= 0.6 is 22.9 Å². The van der Waals surface area contributed by atoms with Gasteiger partial charge < -0.3 is 10.5 Å². The lowest BCUT2D eigenvalue weighted by atomic mass is 10.0. The third kappa shape index (κ3) is 4.23. The molecule has 0 saturated heterocycles. The Kier molecular flexibility index (Phi) is 5.46. The van der Waals surface area contributed by atoms with E-state index in [-0.39, 0.29) is 6.04 Å². The van der Waals surface area contributed by atoms with E-state index < -0.39 is 0 Å². The van der Waals surface area contributed by atoms with Crippen LogP contribution in [-0.4, -0.2) is 6.04 Å². The first-order chi connectivity index (χ1) is 9.58. The summed E-state index contributed by atoms with van der Waals surface area (Å²) in [4.78, 5) is 1.13. The molecular formula is C16H20ClNOS. The van der Waals surface area contributed by atoms with E-state index in [1.807, 2.05) is 18.2 Å². The highest BCUT2D eigenvalue weighted by molar-refractivity contribution is 7.16. The molecule has 1 atom stereocenters. The SMILES string of the molecule is CCC(N)Cc1cc(C)ccc1OCc1ccc(Cl)s1. The zero-order chi connectivity index (χ0) is 14.5. The summed E-state index contributed by atoms with van der Waals surface area (Å²) in [5, 5.41) is 0. The highest BCUT2D eigenvalue weighted by atomic mass is 35.5. The molecule has 0 aliphatic rings. The number of aryl methyl sites for hydroxylation is 1. The molecule has 108 valence electrons. The summed E-state index contributed by atoms with van der Waals surface area (Å²) < 4.78 is 6.73. The van der Waals surface area contributed by atoms with Crippen LogP contribution in [0.25, 0.3) is 0 Å². The van der Waals surface area contributed by atoms with Crippen molar-refractivity contribution in [3.8, 4) is 5.75 Å². The lowest BCUT2D eigenvalue weighted by molar-refractivity contribution is 0.305. The highest BCUT2D eigenvalue weighted by Crippen LogP contribution is 2.26. The highest BCUT2D eigenvalue weighted by Gasteiger charge is 2.09. The van der Waals surface area contributed by atoms with Crippen LogP contribution in [-0.2, 0) is 13.0 Å². The van der Waals surface area contributed by atoms with E-state index in [0.29, 0.717) is 6.61 Å². The third-order valence-electron chi connectivity index (χ3n) is 3.22. The summed E-state index contributed by atoms with van der Waals surface area (Å²) in [5.41, 5.74) is 8.48. The predicted molar refractivity (Wildman–Crippen MR) is 86.8 cm³/mol. The van der Waals surface area contributed by atoms with E-state index >= 15 is 0 Å². The molecule has 0 bridgehead atoms. The second-order valence-corrected chi connectivity index (χ2v) is 6.78. The Balaban J connectivity index is 2.09. The Morgan fingerprint density at radius 3 is 2.75 bits per heavy atom. The van der Waals surface area contributed by atoms with Crippen LogP contribution in [0.1, 0.15) is 29.3 Å². The topological polar surface area (TPSA) is 35.2 Å². The summed E-state index contributed by atoms with van der Waals surface area (Å²) in [6, 6.07) is 10.3. The van der Waals surface area contributed by atoms with E-state index in [4.69, 9.17) is 22.1 Å². The van der Waals surface area contributed by atoms with Gasteiger partial charge in [0.15, 0.2) is 0 Å². The van der Waals surface area contributed by atoms with Gasteiger partial charge in [0.25, 0.3) is 0 Å². The molecule has 1 aromatic carbocycles. The van der Waals surface area contributed by atoms with E-state index in [2.05, 4.69) is 26.0 Å². The summed E-state index contributed by atoms with van der Waals surface area (Å²) in [5.74, 6) is 0.920. The molecule has 2 nitrogen and oxygen atoms in total. The number of halogens is 1. The van der Waals surface area contributed by atoms with Crippen molar-refractivity contribution in [3.63, 3.8) is 0 Å². The summed E-state index contributed by atoms with van der Waals surface area (Å²) in [7, 11) is 0. The minimum atomic E-state index is 0.176. The first kappa shape index (κ1) is 15.4. The average Bonchev–Trinajstić information content (AvgIpc) is 2.83. The maximum absolute atomic E-state index is 6.06. The maximum atomic E-state index is 6.06. The Hall–Kier alpha value is -1.03. The average molecular weight is 310 g/mol. The Labute approximate surface area is 129 Å².